The van der Waals surface area contributed by atoms with Crippen LogP contribution in [0.25, 0.3) is 0 Å². The Balaban J connectivity index is 1.85. The predicted octanol–water partition coefficient (Wildman–Crippen LogP) is 2.06. The second-order valence-electron chi connectivity index (χ2n) is 5.83. The van der Waals surface area contributed by atoms with Gasteiger partial charge in [-0.3, -0.25) is 0 Å². The van der Waals surface area contributed by atoms with Crippen LogP contribution in [0, 0.1) is 5.82 Å². The lowest BCUT2D eigenvalue weighted by molar-refractivity contribution is -0.0161. The Hall–Kier alpha value is -0.970. The third-order valence-corrected chi connectivity index (χ3v) is 3.79. The van der Waals surface area contributed by atoms with Crippen molar-refractivity contribution in [2.45, 2.75) is 37.8 Å². The molecule has 4 heteroatoms. The van der Waals surface area contributed by atoms with Crippen molar-refractivity contribution in [3.63, 3.8) is 0 Å². The van der Waals surface area contributed by atoms with Crippen molar-refractivity contribution in [1.29, 1.82) is 0 Å². The van der Waals surface area contributed by atoms with E-state index in [4.69, 9.17) is 5.73 Å². The van der Waals surface area contributed by atoms with Gasteiger partial charge < -0.3 is 15.7 Å². The summed E-state index contributed by atoms with van der Waals surface area (Å²) in [7, 11) is 0. The standard InChI is InChI=1S/C15H23FN2O/c1-15(19)7-3-8-18(11-15)9-6-14(17)12-4-2-5-13(16)10-12/h2,4-5,10,14,19H,3,6-9,11,17H2,1H3. The Bertz CT molecular complexity index is 422. The minimum atomic E-state index is -0.582. The second kappa shape index (κ2) is 5.99. The molecule has 0 aliphatic carbocycles. The Morgan fingerprint density at radius 1 is 1.53 bits per heavy atom. The van der Waals surface area contributed by atoms with Gasteiger partial charge in [0.15, 0.2) is 0 Å². The summed E-state index contributed by atoms with van der Waals surface area (Å²) in [4.78, 5) is 2.24. The van der Waals surface area contributed by atoms with Crippen molar-refractivity contribution >= 4 is 0 Å². The summed E-state index contributed by atoms with van der Waals surface area (Å²) < 4.78 is 13.1. The molecule has 2 rings (SSSR count). The normalized spacial score (nSPS) is 26.3. The molecular weight excluding hydrogens is 243 g/mol. The van der Waals surface area contributed by atoms with E-state index in [1.54, 1.807) is 6.07 Å². The van der Waals surface area contributed by atoms with Crippen molar-refractivity contribution in [2.24, 2.45) is 5.73 Å². The molecule has 0 amide bonds. The molecule has 2 unspecified atom stereocenters. The van der Waals surface area contributed by atoms with Gasteiger partial charge in [0.25, 0.3) is 0 Å². The van der Waals surface area contributed by atoms with Crippen molar-refractivity contribution in [2.75, 3.05) is 19.6 Å². The monoisotopic (exact) mass is 266 g/mol. The highest BCUT2D eigenvalue weighted by Crippen LogP contribution is 2.22. The lowest BCUT2D eigenvalue weighted by Gasteiger charge is -2.37. The third-order valence-electron chi connectivity index (χ3n) is 3.79. The van der Waals surface area contributed by atoms with E-state index in [0.717, 1.165) is 37.9 Å². The van der Waals surface area contributed by atoms with Gasteiger partial charge in [-0.15, -0.1) is 0 Å². The average molecular weight is 266 g/mol. The molecule has 0 bridgehead atoms. The van der Waals surface area contributed by atoms with Gasteiger partial charge in [0.1, 0.15) is 5.82 Å². The van der Waals surface area contributed by atoms with Gasteiger partial charge in [-0.2, -0.15) is 0 Å². The molecule has 0 aromatic heterocycles. The van der Waals surface area contributed by atoms with Crippen LogP contribution in [0.5, 0.6) is 0 Å². The fourth-order valence-corrected chi connectivity index (χ4v) is 2.74. The fraction of sp³-hybridized carbons (Fsp3) is 0.600. The topological polar surface area (TPSA) is 49.5 Å². The highest BCUT2D eigenvalue weighted by Gasteiger charge is 2.28. The second-order valence-corrected chi connectivity index (χ2v) is 5.83. The van der Waals surface area contributed by atoms with Crippen LogP contribution in [0.15, 0.2) is 24.3 Å². The number of hydrogen-bond acceptors (Lipinski definition) is 3. The highest BCUT2D eigenvalue weighted by molar-refractivity contribution is 5.19. The third kappa shape index (κ3) is 4.27. The smallest absolute Gasteiger partial charge is 0.123 e. The highest BCUT2D eigenvalue weighted by atomic mass is 19.1. The number of nitrogens with zero attached hydrogens (tertiary/aromatic N) is 1. The van der Waals surface area contributed by atoms with Crippen LogP contribution in [-0.4, -0.2) is 35.2 Å². The minimum Gasteiger partial charge on any atom is -0.389 e. The zero-order valence-corrected chi connectivity index (χ0v) is 11.5. The quantitative estimate of drug-likeness (QED) is 0.877. The van der Waals surface area contributed by atoms with Crippen LogP contribution >= 0.6 is 0 Å². The first-order valence-corrected chi connectivity index (χ1v) is 6.92. The molecule has 1 aromatic rings. The summed E-state index contributed by atoms with van der Waals surface area (Å²) in [5.41, 5.74) is 6.35. The number of β-amino-alcohol motifs (C(OH)–C–C–N with tert-alkyl or cyclic N) is 1. The van der Waals surface area contributed by atoms with E-state index < -0.39 is 5.60 Å². The maximum atomic E-state index is 13.1. The van der Waals surface area contributed by atoms with Gasteiger partial charge in [-0.25, -0.2) is 4.39 Å². The number of benzene rings is 1. The van der Waals surface area contributed by atoms with Crippen molar-refractivity contribution in [1.82, 2.24) is 4.90 Å². The summed E-state index contributed by atoms with van der Waals surface area (Å²) in [6.07, 6.45) is 2.65. The van der Waals surface area contributed by atoms with E-state index in [1.165, 1.54) is 12.1 Å². The van der Waals surface area contributed by atoms with Crippen LogP contribution in [0.4, 0.5) is 4.39 Å². The first-order valence-electron chi connectivity index (χ1n) is 6.92. The Labute approximate surface area is 114 Å². The van der Waals surface area contributed by atoms with Crippen LogP contribution < -0.4 is 5.73 Å². The maximum Gasteiger partial charge on any atom is 0.123 e. The van der Waals surface area contributed by atoms with E-state index >= 15 is 0 Å². The summed E-state index contributed by atoms with van der Waals surface area (Å²) in [6, 6.07) is 6.33. The van der Waals surface area contributed by atoms with Crippen LogP contribution in [0.3, 0.4) is 0 Å². The summed E-state index contributed by atoms with van der Waals surface area (Å²) in [5.74, 6) is -0.242. The molecule has 1 aliphatic heterocycles. The molecule has 1 aromatic carbocycles. The molecule has 1 fully saturated rings. The minimum absolute atomic E-state index is 0.150. The SMILES string of the molecule is CC1(O)CCCN(CCC(N)c2cccc(F)c2)C1. The van der Waals surface area contributed by atoms with Gasteiger partial charge in [-0.1, -0.05) is 12.1 Å². The van der Waals surface area contributed by atoms with Crippen molar-refractivity contribution in [3.05, 3.63) is 35.6 Å². The van der Waals surface area contributed by atoms with E-state index in [9.17, 15) is 9.50 Å². The van der Waals surface area contributed by atoms with Crippen LogP contribution in [-0.2, 0) is 0 Å². The zero-order valence-electron chi connectivity index (χ0n) is 11.5. The molecule has 3 nitrogen and oxygen atoms in total. The molecule has 1 saturated heterocycles. The first kappa shape index (κ1) is 14.4. The first-order chi connectivity index (χ1) is 8.96. The van der Waals surface area contributed by atoms with E-state index in [-0.39, 0.29) is 11.9 Å². The van der Waals surface area contributed by atoms with E-state index in [2.05, 4.69) is 4.90 Å². The number of rotatable bonds is 4. The van der Waals surface area contributed by atoms with E-state index in [0.29, 0.717) is 6.54 Å². The Morgan fingerprint density at radius 3 is 3.00 bits per heavy atom. The number of aliphatic hydroxyl groups is 1. The summed E-state index contributed by atoms with van der Waals surface area (Å²) in [5, 5.41) is 10.0. The average Bonchev–Trinajstić information content (AvgIpc) is 2.35. The molecule has 3 N–H and O–H groups in total. The Kier molecular flexibility index (Phi) is 4.55. The summed E-state index contributed by atoms with van der Waals surface area (Å²) in [6.45, 7) is 4.42. The number of nitrogens with two attached hydrogens (primary N) is 1. The van der Waals surface area contributed by atoms with Crippen LogP contribution in [0.1, 0.15) is 37.8 Å². The number of hydrogen-bond donors (Lipinski definition) is 2. The van der Waals surface area contributed by atoms with Crippen LogP contribution in [0.2, 0.25) is 0 Å². The molecule has 1 heterocycles. The molecule has 0 spiro atoms. The molecule has 19 heavy (non-hydrogen) atoms. The van der Waals surface area contributed by atoms with E-state index in [1.807, 2.05) is 13.0 Å². The Morgan fingerprint density at radius 2 is 2.32 bits per heavy atom. The number of piperidine rings is 1. The summed E-state index contributed by atoms with van der Waals surface area (Å²) >= 11 is 0. The molecule has 106 valence electrons. The zero-order chi connectivity index (χ0) is 13.9. The largest absolute Gasteiger partial charge is 0.389 e. The van der Waals surface area contributed by atoms with Crippen molar-refractivity contribution < 1.29 is 9.50 Å². The van der Waals surface area contributed by atoms with Gasteiger partial charge in [-0.05, 0) is 50.4 Å². The van der Waals surface area contributed by atoms with Gasteiger partial charge in [0.05, 0.1) is 5.60 Å². The molecule has 1 aliphatic rings. The number of halogens is 1. The van der Waals surface area contributed by atoms with Crippen molar-refractivity contribution in [3.8, 4) is 0 Å². The molecule has 0 saturated carbocycles. The molecule has 2 atom stereocenters. The predicted molar refractivity (Wildman–Crippen MR) is 74.2 cm³/mol. The van der Waals surface area contributed by atoms with Gasteiger partial charge >= 0.3 is 0 Å². The van der Waals surface area contributed by atoms with Gasteiger partial charge in [0, 0.05) is 19.1 Å². The maximum absolute atomic E-state index is 13.1. The molecule has 0 radical (unpaired) electrons. The number of likely N-dealkylation sites (tertiary alicyclic amines) is 1. The molecular formula is C15H23FN2O. The lowest BCUT2D eigenvalue weighted by Crippen LogP contribution is -2.46. The van der Waals surface area contributed by atoms with Gasteiger partial charge in [0.2, 0.25) is 0 Å². The fourth-order valence-electron chi connectivity index (χ4n) is 2.74. The lowest BCUT2D eigenvalue weighted by atomic mass is 9.94.